The van der Waals surface area contributed by atoms with Crippen molar-refractivity contribution in [1.29, 1.82) is 0 Å². The highest BCUT2D eigenvalue weighted by Gasteiger charge is 2.33. The Hall–Kier alpha value is -3.69. The molecular formula is C20H16F3N5O2. The normalized spacial score (nSPS) is 14.5. The molecule has 0 N–H and O–H groups in total. The van der Waals surface area contributed by atoms with Crippen molar-refractivity contribution in [1.82, 2.24) is 19.9 Å². The van der Waals surface area contributed by atoms with Crippen LogP contribution < -0.4 is 4.90 Å². The third-order valence-corrected chi connectivity index (χ3v) is 4.65. The van der Waals surface area contributed by atoms with Crippen LogP contribution in [-0.2, 0) is 22.7 Å². The molecule has 7 nitrogen and oxygen atoms in total. The lowest BCUT2D eigenvalue weighted by molar-refractivity contribution is -0.146. The lowest BCUT2D eigenvalue weighted by atomic mass is 10.2. The molecule has 2 aromatic carbocycles. The highest BCUT2D eigenvalue weighted by Crippen LogP contribution is 2.19. The van der Waals surface area contributed by atoms with Gasteiger partial charge >= 0.3 is 11.8 Å². The van der Waals surface area contributed by atoms with Crippen molar-refractivity contribution in [2.24, 2.45) is 0 Å². The third kappa shape index (κ3) is 4.17. The van der Waals surface area contributed by atoms with Crippen molar-refractivity contribution in [3.8, 4) is 0 Å². The van der Waals surface area contributed by atoms with Crippen molar-refractivity contribution in [2.45, 2.75) is 13.1 Å². The zero-order chi connectivity index (χ0) is 21.3. The smallest absolute Gasteiger partial charge is 0.316 e. The topological polar surface area (TPSA) is 71.3 Å². The van der Waals surface area contributed by atoms with Crippen LogP contribution in [0.5, 0.6) is 0 Å². The Morgan fingerprint density at radius 3 is 2.23 bits per heavy atom. The molecule has 1 aliphatic rings. The number of carbonyl (C=O) groups is 2. The maximum absolute atomic E-state index is 13.3. The van der Waals surface area contributed by atoms with Gasteiger partial charge in [-0.2, -0.15) is 0 Å². The van der Waals surface area contributed by atoms with Crippen LogP contribution in [0.3, 0.4) is 0 Å². The number of nitrogens with zero attached hydrogens (tertiary/aromatic N) is 5. The predicted octanol–water partition coefficient (Wildman–Crippen LogP) is 2.12. The molecule has 0 saturated carbocycles. The first-order valence-electron chi connectivity index (χ1n) is 9.09. The molecule has 2 amide bonds. The van der Waals surface area contributed by atoms with Gasteiger partial charge in [0, 0.05) is 24.8 Å². The van der Waals surface area contributed by atoms with Crippen LogP contribution in [0.25, 0.3) is 0 Å². The van der Waals surface area contributed by atoms with Crippen LogP contribution in [0, 0.1) is 17.5 Å². The molecule has 0 bridgehead atoms. The van der Waals surface area contributed by atoms with Gasteiger partial charge in [-0.25, -0.2) is 17.9 Å². The number of aromatic nitrogens is 3. The Bertz CT molecular complexity index is 1080. The van der Waals surface area contributed by atoms with Crippen molar-refractivity contribution in [2.75, 3.05) is 18.0 Å². The van der Waals surface area contributed by atoms with Gasteiger partial charge in [-0.15, -0.1) is 5.10 Å². The average Bonchev–Trinajstić information content (AvgIpc) is 3.12. The van der Waals surface area contributed by atoms with Crippen molar-refractivity contribution in [3.05, 3.63) is 77.4 Å². The van der Waals surface area contributed by atoms with Crippen LogP contribution in [0.4, 0.5) is 18.9 Å². The Labute approximate surface area is 169 Å². The maximum atomic E-state index is 13.3. The summed E-state index contributed by atoms with van der Waals surface area (Å²) in [4.78, 5) is 27.6. The van der Waals surface area contributed by atoms with Gasteiger partial charge in [0.1, 0.15) is 23.1 Å². The predicted molar refractivity (Wildman–Crippen MR) is 99.7 cm³/mol. The van der Waals surface area contributed by atoms with Crippen LogP contribution in [0.15, 0.2) is 48.7 Å². The molecule has 10 heteroatoms. The van der Waals surface area contributed by atoms with E-state index in [1.807, 2.05) is 0 Å². The zero-order valence-corrected chi connectivity index (χ0v) is 15.6. The maximum Gasteiger partial charge on any atom is 0.316 e. The van der Waals surface area contributed by atoms with E-state index in [1.54, 1.807) is 6.20 Å². The monoisotopic (exact) mass is 415 g/mol. The second-order valence-corrected chi connectivity index (χ2v) is 6.85. The van der Waals surface area contributed by atoms with Gasteiger partial charge in [-0.05, 0) is 42.0 Å². The van der Waals surface area contributed by atoms with Crippen LogP contribution in [-0.4, -0.2) is 44.8 Å². The van der Waals surface area contributed by atoms with Gasteiger partial charge in [0.15, 0.2) is 0 Å². The van der Waals surface area contributed by atoms with E-state index in [9.17, 15) is 22.8 Å². The minimum Gasteiger partial charge on any atom is -0.327 e. The van der Waals surface area contributed by atoms with Crippen molar-refractivity contribution >= 4 is 17.5 Å². The minimum atomic E-state index is -0.713. The van der Waals surface area contributed by atoms with Gasteiger partial charge in [0.25, 0.3) is 0 Å². The SMILES string of the molecule is O=C1C(=O)N(c2ccc(F)cc2)CCN1Cc1cn(Cc2cc(F)cc(F)c2)nn1. The summed E-state index contributed by atoms with van der Waals surface area (Å²) < 4.78 is 41.1. The number of amides is 2. The van der Waals surface area contributed by atoms with E-state index in [1.165, 1.54) is 50.9 Å². The van der Waals surface area contributed by atoms with E-state index in [-0.39, 0.29) is 26.2 Å². The van der Waals surface area contributed by atoms with Gasteiger partial charge in [-0.1, -0.05) is 5.21 Å². The van der Waals surface area contributed by atoms with E-state index in [0.717, 1.165) is 6.07 Å². The molecule has 1 aromatic heterocycles. The third-order valence-electron chi connectivity index (χ3n) is 4.65. The van der Waals surface area contributed by atoms with E-state index in [4.69, 9.17) is 0 Å². The highest BCUT2D eigenvalue weighted by molar-refractivity contribution is 6.40. The molecule has 154 valence electrons. The van der Waals surface area contributed by atoms with E-state index in [2.05, 4.69) is 10.3 Å². The number of anilines is 1. The average molecular weight is 415 g/mol. The summed E-state index contributed by atoms with van der Waals surface area (Å²) in [6.45, 7) is 0.697. The van der Waals surface area contributed by atoms with Gasteiger partial charge < -0.3 is 9.80 Å². The summed E-state index contributed by atoms with van der Waals surface area (Å²) in [6, 6.07) is 8.51. The van der Waals surface area contributed by atoms with E-state index >= 15 is 0 Å². The number of benzene rings is 2. The van der Waals surface area contributed by atoms with Gasteiger partial charge in [0.2, 0.25) is 0 Å². The fourth-order valence-corrected chi connectivity index (χ4v) is 3.27. The lowest BCUT2D eigenvalue weighted by Gasteiger charge is -2.33. The number of hydrogen-bond acceptors (Lipinski definition) is 4. The molecule has 0 aliphatic carbocycles. The molecule has 3 aromatic rings. The Morgan fingerprint density at radius 1 is 0.833 bits per heavy atom. The number of carbonyl (C=O) groups excluding carboxylic acids is 2. The number of hydrogen-bond donors (Lipinski definition) is 0. The Morgan fingerprint density at radius 2 is 1.53 bits per heavy atom. The van der Waals surface area contributed by atoms with Gasteiger partial charge in [0.05, 0.1) is 19.3 Å². The fourth-order valence-electron chi connectivity index (χ4n) is 3.27. The molecular weight excluding hydrogens is 399 g/mol. The number of piperazine rings is 1. The standard InChI is InChI=1S/C20H16F3N5O2/c21-14-1-3-18(4-2-14)28-6-5-26(19(29)20(28)30)11-17-12-27(25-24-17)10-13-7-15(22)9-16(23)8-13/h1-4,7-9,12H,5-6,10-11H2. The van der Waals surface area contributed by atoms with Crippen LogP contribution in [0.2, 0.25) is 0 Å². The van der Waals surface area contributed by atoms with Crippen molar-refractivity contribution in [3.63, 3.8) is 0 Å². The summed E-state index contributed by atoms with van der Waals surface area (Å²) >= 11 is 0. The van der Waals surface area contributed by atoms with Crippen molar-refractivity contribution < 1.29 is 22.8 Å². The first kappa shape index (κ1) is 19.6. The fraction of sp³-hybridized carbons (Fsp3) is 0.200. The molecule has 1 aliphatic heterocycles. The molecule has 30 heavy (non-hydrogen) atoms. The molecule has 0 atom stereocenters. The minimum absolute atomic E-state index is 0.0688. The molecule has 1 saturated heterocycles. The summed E-state index contributed by atoms with van der Waals surface area (Å²) in [6.07, 6.45) is 1.55. The number of halogens is 3. The molecule has 1 fully saturated rings. The molecule has 0 unspecified atom stereocenters. The highest BCUT2D eigenvalue weighted by atomic mass is 19.1. The quantitative estimate of drug-likeness (QED) is 0.599. The van der Waals surface area contributed by atoms with Gasteiger partial charge in [-0.3, -0.25) is 9.59 Å². The van der Waals surface area contributed by atoms with E-state index in [0.29, 0.717) is 16.9 Å². The second-order valence-electron chi connectivity index (χ2n) is 6.85. The molecule has 0 spiro atoms. The summed E-state index contributed by atoms with van der Waals surface area (Å²) in [5, 5.41) is 7.87. The lowest BCUT2D eigenvalue weighted by Crippen LogP contribution is -2.54. The first-order chi connectivity index (χ1) is 14.4. The summed E-state index contributed by atoms with van der Waals surface area (Å²) in [5.74, 6) is -3.22. The Kier molecular flexibility index (Phi) is 5.21. The molecule has 2 heterocycles. The summed E-state index contributed by atoms with van der Waals surface area (Å²) in [5.41, 5.74) is 1.26. The zero-order valence-electron chi connectivity index (χ0n) is 15.6. The molecule has 0 radical (unpaired) electrons. The largest absolute Gasteiger partial charge is 0.327 e. The van der Waals surface area contributed by atoms with Crippen LogP contribution >= 0.6 is 0 Å². The van der Waals surface area contributed by atoms with E-state index < -0.39 is 29.3 Å². The van der Waals surface area contributed by atoms with Crippen LogP contribution in [0.1, 0.15) is 11.3 Å². The molecule has 4 rings (SSSR count). The second kappa shape index (κ2) is 7.97. The Balaban J connectivity index is 1.41. The first-order valence-corrected chi connectivity index (χ1v) is 9.09. The number of rotatable bonds is 5. The summed E-state index contributed by atoms with van der Waals surface area (Å²) in [7, 11) is 0.